The molecule has 1 heterocycles. The quantitative estimate of drug-likeness (QED) is 0.749. The smallest absolute Gasteiger partial charge is 0.255 e. The summed E-state index contributed by atoms with van der Waals surface area (Å²) in [6.07, 6.45) is 3.77. The average Bonchev–Trinajstić information content (AvgIpc) is 2.98. The van der Waals surface area contributed by atoms with Gasteiger partial charge in [-0.3, -0.25) is 9.59 Å². The molecule has 0 radical (unpaired) electrons. The van der Waals surface area contributed by atoms with Crippen LogP contribution in [-0.2, 0) is 10.0 Å². The zero-order valence-corrected chi connectivity index (χ0v) is 17.6. The lowest BCUT2D eigenvalue weighted by Gasteiger charge is -2.21. The van der Waals surface area contributed by atoms with Gasteiger partial charge >= 0.3 is 0 Å². The number of ketones is 1. The first kappa shape index (κ1) is 21.2. The van der Waals surface area contributed by atoms with Crippen molar-refractivity contribution >= 4 is 27.4 Å². The first-order chi connectivity index (χ1) is 13.8. The standard InChI is InChI=1S/C22H26N2O4S/c1-16-10-11-19(22(26)23-20-9-7-8-18(14-20)17(2)25)15-21(16)29(27,28)24-12-5-3-4-6-13-24/h7-11,14-15H,3-6,12-13H2,1-2H3,(H,23,26). The zero-order valence-electron chi connectivity index (χ0n) is 16.8. The van der Waals surface area contributed by atoms with Gasteiger partial charge in [0.05, 0.1) is 4.90 Å². The van der Waals surface area contributed by atoms with E-state index in [2.05, 4.69) is 5.32 Å². The van der Waals surface area contributed by atoms with Crippen molar-refractivity contribution in [2.45, 2.75) is 44.4 Å². The van der Waals surface area contributed by atoms with Crippen LogP contribution in [0, 0.1) is 6.92 Å². The fraction of sp³-hybridized carbons (Fsp3) is 0.364. The summed E-state index contributed by atoms with van der Waals surface area (Å²) in [7, 11) is -3.65. The Labute approximate surface area is 172 Å². The lowest BCUT2D eigenvalue weighted by molar-refractivity contribution is 0.101. The molecule has 6 nitrogen and oxygen atoms in total. The number of amides is 1. The summed E-state index contributed by atoms with van der Waals surface area (Å²) >= 11 is 0. The highest BCUT2D eigenvalue weighted by molar-refractivity contribution is 7.89. The van der Waals surface area contributed by atoms with Gasteiger partial charge in [0, 0.05) is 29.9 Å². The molecule has 0 bridgehead atoms. The first-order valence-corrected chi connectivity index (χ1v) is 11.3. The molecule has 1 amide bonds. The van der Waals surface area contributed by atoms with Crippen molar-refractivity contribution in [1.29, 1.82) is 0 Å². The van der Waals surface area contributed by atoms with Crippen LogP contribution in [0.4, 0.5) is 5.69 Å². The number of sulfonamides is 1. The number of nitrogens with one attached hydrogen (secondary N) is 1. The number of carbonyl (C=O) groups is 2. The van der Waals surface area contributed by atoms with Gasteiger partial charge in [-0.05, 0) is 56.5 Å². The topological polar surface area (TPSA) is 83.5 Å². The Kier molecular flexibility index (Phi) is 6.49. The lowest BCUT2D eigenvalue weighted by atomic mass is 10.1. The van der Waals surface area contributed by atoms with Gasteiger partial charge in [0.2, 0.25) is 10.0 Å². The maximum atomic E-state index is 13.2. The number of hydrogen-bond acceptors (Lipinski definition) is 4. The van der Waals surface area contributed by atoms with E-state index in [1.807, 2.05) is 0 Å². The summed E-state index contributed by atoms with van der Waals surface area (Å²) < 4.78 is 27.9. The minimum absolute atomic E-state index is 0.0951. The summed E-state index contributed by atoms with van der Waals surface area (Å²) in [4.78, 5) is 24.4. The molecule has 0 spiro atoms. The van der Waals surface area contributed by atoms with Gasteiger partial charge in [-0.1, -0.05) is 31.0 Å². The van der Waals surface area contributed by atoms with E-state index < -0.39 is 15.9 Å². The third kappa shape index (κ3) is 4.92. The lowest BCUT2D eigenvalue weighted by Crippen LogP contribution is -2.32. The van der Waals surface area contributed by atoms with Gasteiger partial charge in [0.15, 0.2) is 5.78 Å². The second-order valence-electron chi connectivity index (χ2n) is 7.39. The molecule has 2 aromatic rings. The van der Waals surface area contributed by atoms with Gasteiger partial charge in [-0.15, -0.1) is 0 Å². The number of benzene rings is 2. The van der Waals surface area contributed by atoms with Crippen molar-refractivity contribution in [3.63, 3.8) is 0 Å². The van der Waals surface area contributed by atoms with Crippen molar-refractivity contribution in [2.24, 2.45) is 0 Å². The molecule has 7 heteroatoms. The van der Waals surface area contributed by atoms with Crippen molar-refractivity contribution < 1.29 is 18.0 Å². The molecule has 154 valence electrons. The van der Waals surface area contributed by atoms with E-state index in [0.29, 0.717) is 29.9 Å². The van der Waals surface area contributed by atoms with Gasteiger partial charge < -0.3 is 5.32 Å². The van der Waals surface area contributed by atoms with E-state index in [9.17, 15) is 18.0 Å². The molecular weight excluding hydrogens is 388 g/mol. The second-order valence-corrected chi connectivity index (χ2v) is 9.30. The van der Waals surface area contributed by atoms with Crippen LogP contribution < -0.4 is 5.32 Å². The highest BCUT2D eigenvalue weighted by atomic mass is 32.2. The number of anilines is 1. The molecule has 3 rings (SSSR count). The highest BCUT2D eigenvalue weighted by Gasteiger charge is 2.27. The van der Waals surface area contributed by atoms with E-state index in [1.54, 1.807) is 43.3 Å². The molecule has 1 N–H and O–H groups in total. The molecule has 0 aromatic heterocycles. The van der Waals surface area contributed by atoms with Crippen LogP contribution in [0.5, 0.6) is 0 Å². The van der Waals surface area contributed by atoms with Crippen molar-refractivity contribution in [3.8, 4) is 0 Å². The van der Waals surface area contributed by atoms with Crippen LogP contribution in [0.15, 0.2) is 47.4 Å². The molecule has 1 aliphatic heterocycles. The fourth-order valence-corrected chi connectivity index (χ4v) is 5.23. The predicted octanol–water partition coefficient (Wildman–Crippen LogP) is 4.01. The minimum Gasteiger partial charge on any atom is -0.322 e. The third-order valence-corrected chi connectivity index (χ3v) is 7.20. The molecule has 0 aliphatic carbocycles. The molecular formula is C22H26N2O4S. The van der Waals surface area contributed by atoms with Crippen molar-refractivity contribution in [2.75, 3.05) is 18.4 Å². The number of hydrogen-bond donors (Lipinski definition) is 1. The SMILES string of the molecule is CC(=O)c1cccc(NC(=O)c2ccc(C)c(S(=O)(=O)N3CCCCCC3)c2)c1. The Morgan fingerprint density at radius 3 is 2.28 bits per heavy atom. The monoisotopic (exact) mass is 414 g/mol. The number of carbonyl (C=O) groups excluding carboxylic acids is 2. The molecule has 0 unspecified atom stereocenters. The fourth-order valence-electron chi connectivity index (χ4n) is 3.46. The zero-order chi connectivity index (χ0) is 21.0. The molecule has 1 saturated heterocycles. The summed E-state index contributed by atoms with van der Waals surface area (Å²) in [5, 5.41) is 2.74. The minimum atomic E-state index is -3.65. The molecule has 2 aromatic carbocycles. The molecule has 1 aliphatic rings. The highest BCUT2D eigenvalue weighted by Crippen LogP contribution is 2.24. The van der Waals surface area contributed by atoms with Gasteiger partial charge in [-0.2, -0.15) is 4.31 Å². The van der Waals surface area contributed by atoms with Gasteiger partial charge in [-0.25, -0.2) is 8.42 Å². The van der Waals surface area contributed by atoms with E-state index in [1.165, 1.54) is 17.3 Å². The van der Waals surface area contributed by atoms with Crippen LogP contribution >= 0.6 is 0 Å². The maximum absolute atomic E-state index is 13.2. The Morgan fingerprint density at radius 2 is 1.62 bits per heavy atom. The molecule has 0 saturated carbocycles. The first-order valence-electron chi connectivity index (χ1n) is 9.82. The van der Waals surface area contributed by atoms with Crippen molar-refractivity contribution in [3.05, 3.63) is 59.2 Å². The van der Waals surface area contributed by atoms with Gasteiger partial charge in [0.25, 0.3) is 5.91 Å². The van der Waals surface area contributed by atoms with E-state index in [4.69, 9.17) is 0 Å². The van der Waals surface area contributed by atoms with Crippen LogP contribution in [0.3, 0.4) is 0 Å². The largest absolute Gasteiger partial charge is 0.322 e. The summed E-state index contributed by atoms with van der Waals surface area (Å²) in [6.45, 7) is 4.22. The maximum Gasteiger partial charge on any atom is 0.255 e. The molecule has 1 fully saturated rings. The van der Waals surface area contributed by atoms with E-state index in [0.717, 1.165) is 25.7 Å². The van der Waals surface area contributed by atoms with Crippen LogP contribution in [0.1, 0.15) is 58.9 Å². The second kappa shape index (κ2) is 8.88. The Morgan fingerprint density at radius 1 is 0.931 bits per heavy atom. The Balaban J connectivity index is 1.87. The van der Waals surface area contributed by atoms with Gasteiger partial charge in [0.1, 0.15) is 0 Å². The summed E-state index contributed by atoms with van der Waals surface area (Å²) in [5.74, 6) is -0.514. The van der Waals surface area contributed by atoms with Crippen LogP contribution in [-0.4, -0.2) is 37.5 Å². The number of rotatable bonds is 5. The van der Waals surface area contributed by atoms with Crippen LogP contribution in [0.2, 0.25) is 0 Å². The Hall–Kier alpha value is -2.51. The number of nitrogens with zero attached hydrogens (tertiary/aromatic N) is 1. The van der Waals surface area contributed by atoms with Crippen LogP contribution in [0.25, 0.3) is 0 Å². The predicted molar refractivity (Wildman–Crippen MR) is 113 cm³/mol. The Bertz CT molecular complexity index is 1020. The van der Waals surface area contributed by atoms with E-state index >= 15 is 0 Å². The number of aryl methyl sites for hydroxylation is 1. The van der Waals surface area contributed by atoms with E-state index in [-0.39, 0.29) is 16.2 Å². The summed E-state index contributed by atoms with van der Waals surface area (Å²) in [6, 6.07) is 11.4. The summed E-state index contributed by atoms with van der Waals surface area (Å²) in [5.41, 5.74) is 1.86. The normalized spacial score (nSPS) is 15.5. The molecule has 29 heavy (non-hydrogen) atoms. The number of Topliss-reactive ketones (excluding diaryl/α,β-unsaturated/α-hetero) is 1. The average molecular weight is 415 g/mol. The molecule has 0 atom stereocenters. The van der Waals surface area contributed by atoms with Crippen molar-refractivity contribution in [1.82, 2.24) is 4.31 Å². The third-order valence-electron chi connectivity index (χ3n) is 5.16.